The molecule has 0 bridgehead atoms. The second-order valence-electron chi connectivity index (χ2n) is 5.05. The lowest BCUT2D eigenvalue weighted by Gasteiger charge is -2.31. The van der Waals surface area contributed by atoms with Crippen molar-refractivity contribution >= 4 is 23.2 Å². The fourth-order valence-corrected chi connectivity index (χ4v) is 2.89. The Morgan fingerprint density at radius 2 is 1.89 bits per heavy atom. The molecule has 0 atom stereocenters. The first-order chi connectivity index (χ1) is 8.69. The van der Waals surface area contributed by atoms with Crippen molar-refractivity contribution < 1.29 is 0 Å². The summed E-state index contributed by atoms with van der Waals surface area (Å²) >= 11 is 12.0. The van der Waals surface area contributed by atoms with E-state index in [1.165, 1.54) is 24.8 Å². The molecule has 0 radical (unpaired) electrons. The highest BCUT2D eigenvalue weighted by atomic mass is 35.5. The molecule has 1 heterocycles. The van der Waals surface area contributed by atoms with E-state index in [9.17, 15) is 0 Å². The van der Waals surface area contributed by atoms with E-state index in [1.807, 2.05) is 12.1 Å². The smallest absolute Gasteiger partial charge is 0.0595 e. The van der Waals surface area contributed by atoms with E-state index < -0.39 is 0 Å². The maximum absolute atomic E-state index is 6.03. The first-order valence-electron chi connectivity index (χ1n) is 6.55. The molecule has 0 unspecified atom stereocenters. The molecule has 2 nitrogen and oxygen atoms in total. The minimum Gasteiger partial charge on any atom is -0.330 e. The average molecular weight is 287 g/mol. The molecule has 0 saturated carbocycles. The second kappa shape index (κ2) is 6.76. The number of benzene rings is 1. The summed E-state index contributed by atoms with van der Waals surface area (Å²) in [4.78, 5) is 2.48. The summed E-state index contributed by atoms with van der Waals surface area (Å²) < 4.78 is 0. The van der Waals surface area contributed by atoms with Crippen LogP contribution in [0.15, 0.2) is 18.2 Å². The van der Waals surface area contributed by atoms with Gasteiger partial charge in [-0.1, -0.05) is 29.3 Å². The van der Waals surface area contributed by atoms with Crippen LogP contribution in [0, 0.1) is 5.92 Å². The molecule has 2 rings (SSSR count). The van der Waals surface area contributed by atoms with Crippen LogP contribution < -0.4 is 5.73 Å². The van der Waals surface area contributed by atoms with E-state index in [1.54, 1.807) is 0 Å². The quantitative estimate of drug-likeness (QED) is 0.917. The Bertz CT molecular complexity index is 387. The highest BCUT2D eigenvalue weighted by Gasteiger charge is 2.18. The third-order valence-corrected chi connectivity index (χ3v) is 4.41. The summed E-state index contributed by atoms with van der Waals surface area (Å²) in [6.07, 6.45) is 3.69. The molecule has 1 aliphatic heterocycles. The predicted octanol–water partition coefficient (Wildman–Crippen LogP) is 3.55. The van der Waals surface area contributed by atoms with E-state index >= 15 is 0 Å². The number of nitrogens with zero attached hydrogens (tertiary/aromatic N) is 1. The molecule has 0 aromatic heterocycles. The zero-order valence-electron chi connectivity index (χ0n) is 10.5. The summed E-state index contributed by atoms with van der Waals surface area (Å²) in [7, 11) is 0. The first-order valence-corrected chi connectivity index (χ1v) is 7.31. The molecule has 1 aromatic rings. The minimum atomic E-state index is 0.627. The number of halogens is 2. The number of hydrogen-bond acceptors (Lipinski definition) is 2. The average Bonchev–Trinajstić information content (AvgIpc) is 2.37. The molecule has 18 heavy (non-hydrogen) atoms. The van der Waals surface area contributed by atoms with Gasteiger partial charge in [-0.05, 0) is 62.5 Å². The SMILES string of the molecule is NCCC1CCN(Cc2ccc(Cl)c(Cl)c2)CC1. The van der Waals surface area contributed by atoms with Gasteiger partial charge in [-0.15, -0.1) is 0 Å². The minimum absolute atomic E-state index is 0.627. The largest absolute Gasteiger partial charge is 0.330 e. The number of rotatable bonds is 4. The molecule has 2 N–H and O–H groups in total. The van der Waals surface area contributed by atoms with Gasteiger partial charge < -0.3 is 5.73 Å². The molecule has 1 fully saturated rings. The number of hydrogen-bond donors (Lipinski definition) is 1. The van der Waals surface area contributed by atoms with Gasteiger partial charge in [0.15, 0.2) is 0 Å². The first kappa shape index (κ1) is 14.1. The van der Waals surface area contributed by atoms with Crippen molar-refractivity contribution in [2.24, 2.45) is 11.7 Å². The molecular weight excluding hydrogens is 267 g/mol. The number of piperidine rings is 1. The lowest BCUT2D eigenvalue weighted by molar-refractivity contribution is 0.173. The van der Waals surface area contributed by atoms with Gasteiger partial charge in [-0.25, -0.2) is 0 Å². The van der Waals surface area contributed by atoms with Crippen LogP contribution in [0.5, 0.6) is 0 Å². The van der Waals surface area contributed by atoms with E-state index in [0.717, 1.165) is 32.1 Å². The van der Waals surface area contributed by atoms with E-state index in [2.05, 4.69) is 11.0 Å². The van der Waals surface area contributed by atoms with Gasteiger partial charge in [0.2, 0.25) is 0 Å². The van der Waals surface area contributed by atoms with Crippen molar-refractivity contribution in [3.63, 3.8) is 0 Å². The summed E-state index contributed by atoms with van der Waals surface area (Å²) in [5, 5.41) is 1.27. The van der Waals surface area contributed by atoms with Crippen LogP contribution in [0.4, 0.5) is 0 Å². The van der Waals surface area contributed by atoms with Crippen LogP contribution in [0.2, 0.25) is 10.0 Å². The van der Waals surface area contributed by atoms with Gasteiger partial charge in [0.05, 0.1) is 10.0 Å². The Balaban J connectivity index is 1.85. The molecule has 0 spiro atoms. The Morgan fingerprint density at radius 1 is 1.17 bits per heavy atom. The standard InChI is InChI=1S/C14H20Cl2N2/c15-13-2-1-12(9-14(13)16)10-18-7-4-11(3-6-17)5-8-18/h1-2,9,11H,3-8,10,17H2. The Morgan fingerprint density at radius 3 is 2.50 bits per heavy atom. The van der Waals surface area contributed by atoms with E-state index in [4.69, 9.17) is 28.9 Å². The lowest BCUT2D eigenvalue weighted by Crippen LogP contribution is -2.33. The second-order valence-corrected chi connectivity index (χ2v) is 5.86. The topological polar surface area (TPSA) is 29.3 Å². The molecule has 0 aliphatic carbocycles. The summed E-state index contributed by atoms with van der Waals surface area (Å²) in [6, 6.07) is 5.90. The van der Waals surface area contributed by atoms with Gasteiger partial charge >= 0.3 is 0 Å². The van der Waals surface area contributed by atoms with Crippen LogP contribution in [0.3, 0.4) is 0 Å². The van der Waals surface area contributed by atoms with Gasteiger partial charge in [0.1, 0.15) is 0 Å². The maximum Gasteiger partial charge on any atom is 0.0595 e. The van der Waals surface area contributed by atoms with Crippen molar-refractivity contribution in [2.45, 2.75) is 25.8 Å². The Labute approximate surface area is 119 Å². The van der Waals surface area contributed by atoms with Crippen molar-refractivity contribution in [1.82, 2.24) is 4.90 Å². The van der Waals surface area contributed by atoms with Crippen LogP contribution in [0.1, 0.15) is 24.8 Å². The molecule has 1 saturated heterocycles. The van der Waals surface area contributed by atoms with Crippen molar-refractivity contribution in [2.75, 3.05) is 19.6 Å². The zero-order chi connectivity index (χ0) is 13.0. The normalized spacial score (nSPS) is 18.2. The third kappa shape index (κ3) is 3.86. The maximum atomic E-state index is 6.03. The van der Waals surface area contributed by atoms with Crippen molar-refractivity contribution in [1.29, 1.82) is 0 Å². The number of nitrogens with two attached hydrogens (primary N) is 1. The molecule has 1 aromatic carbocycles. The fraction of sp³-hybridized carbons (Fsp3) is 0.571. The molecular formula is C14H20Cl2N2. The van der Waals surface area contributed by atoms with E-state index in [-0.39, 0.29) is 0 Å². The monoisotopic (exact) mass is 286 g/mol. The van der Waals surface area contributed by atoms with Crippen LogP contribution in [0.25, 0.3) is 0 Å². The van der Waals surface area contributed by atoms with Gasteiger partial charge in [-0.3, -0.25) is 4.90 Å². The Hall–Kier alpha value is -0.280. The van der Waals surface area contributed by atoms with Gasteiger partial charge in [-0.2, -0.15) is 0 Å². The lowest BCUT2D eigenvalue weighted by atomic mass is 9.93. The third-order valence-electron chi connectivity index (χ3n) is 3.67. The van der Waals surface area contributed by atoms with Crippen molar-refractivity contribution in [3.05, 3.63) is 33.8 Å². The summed E-state index contributed by atoms with van der Waals surface area (Å²) in [6.45, 7) is 4.10. The highest BCUT2D eigenvalue weighted by Crippen LogP contribution is 2.25. The van der Waals surface area contributed by atoms with Crippen molar-refractivity contribution in [3.8, 4) is 0 Å². The zero-order valence-corrected chi connectivity index (χ0v) is 12.1. The van der Waals surface area contributed by atoms with Gasteiger partial charge in [0.25, 0.3) is 0 Å². The van der Waals surface area contributed by atoms with E-state index in [0.29, 0.717) is 10.0 Å². The Kier molecular flexibility index (Phi) is 5.31. The van der Waals surface area contributed by atoms with Crippen LogP contribution >= 0.6 is 23.2 Å². The summed E-state index contributed by atoms with van der Waals surface area (Å²) in [5.41, 5.74) is 6.85. The highest BCUT2D eigenvalue weighted by molar-refractivity contribution is 6.42. The molecule has 1 aliphatic rings. The molecule has 100 valence electrons. The van der Waals surface area contributed by atoms with Gasteiger partial charge in [0, 0.05) is 6.54 Å². The summed E-state index contributed by atoms with van der Waals surface area (Å²) in [5.74, 6) is 0.819. The predicted molar refractivity (Wildman–Crippen MR) is 78.1 cm³/mol. The molecule has 0 amide bonds. The number of likely N-dealkylation sites (tertiary alicyclic amines) is 1. The van der Waals surface area contributed by atoms with Crippen LogP contribution in [-0.2, 0) is 6.54 Å². The fourth-order valence-electron chi connectivity index (χ4n) is 2.57. The molecule has 4 heteroatoms. The van der Waals surface area contributed by atoms with Crippen LogP contribution in [-0.4, -0.2) is 24.5 Å².